The van der Waals surface area contributed by atoms with Crippen LogP contribution in [0.5, 0.6) is 0 Å². The summed E-state index contributed by atoms with van der Waals surface area (Å²) >= 11 is 0. The van der Waals surface area contributed by atoms with Crippen molar-refractivity contribution in [3.8, 4) is 0 Å². The van der Waals surface area contributed by atoms with Crippen LogP contribution in [0.1, 0.15) is 39.0 Å². The summed E-state index contributed by atoms with van der Waals surface area (Å²) in [5, 5.41) is 0. The van der Waals surface area contributed by atoms with Gasteiger partial charge in [0.15, 0.2) is 0 Å². The number of likely N-dealkylation sites (tertiary alicyclic amines) is 1. The van der Waals surface area contributed by atoms with Crippen molar-refractivity contribution in [2.45, 2.75) is 44.6 Å². The maximum absolute atomic E-state index is 11.5. The Balaban J connectivity index is 2.07. The van der Waals surface area contributed by atoms with E-state index < -0.39 is 0 Å². The van der Waals surface area contributed by atoms with Gasteiger partial charge in [0.05, 0.1) is 6.42 Å². The second kappa shape index (κ2) is 2.82. The first-order valence-corrected chi connectivity index (χ1v) is 4.94. The lowest BCUT2D eigenvalue weighted by atomic mass is 9.76. The largest absolute Gasteiger partial charge is 0.336 e. The minimum absolute atomic E-state index is 0.0402. The van der Waals surface area contributed by atoms with Gasteiger partial charge in [-0.15, -0.1) is 0 Å². The Morgan fingerprint density at radius 1 is 1.31 bits per heavy atom. The number of amides is 1. The van der Waals surface area contributed by atoms with Gasteiger partial charge >= 0.3 is 0 Å². The molecule has 72 valence electrons. The van der Waals surface area contributed by atoms with E-state index in [0.717, 1.165) is 12.8 Å². The summed E-state index contributed by atoms with van der Waals surface area (Å²) in [4.78, 5) is 24.5. The molecule has 1 aliphatic heterocycles. The summed E-state index contributed by atoms with van der Waals surface area (Å²) in [5.41, 5.74) is 0.0811. The highest BCUT2D eigenvalue weighted by Crippen LogP contribution is 2.38. The van der Waals surface area contributed by atoms with E-state index in [2.05, 4.69) is 6.92 Å². The van der Waals surface area contributed by atoms with E-state index in [4.69, 9.17) is 0 Å². The number of hydrogen-bond acceptors (Lipinski definition) is 2. The highest BCUT2D eigenvalue weighted by atomic mass is 16.2. The normalized spacial score (nSPS) is 27.3. The number of ketones is 1. The van der Waals surface area contributed by atoms with Gasteiger partial charge in [-0.25, -0.2) is 0 Å². The van der Waals surface area contributed by atoms with Crippen LogP contribution in [0.25, 0.3) is 0 Å². The number of hydrogen-bond donors (Lipinski definition) is 0. The molecule has 0 atom stereocenters. The molecule has 0 spiro atoms. The highest BCUT2D eigenvalue weighted by molar-refractivity contribution is 6.00. The topological polar surface area (TPSA) is 37.4 Å². The zero-order valence-electron chi connectivity index (χ0n) is 8.01. The minimum atomic E-state index is 0.0402. The molecule has 13 heavy (non-hydrogen) atoms. The average molecular weight is 181 g/mol. The van der Waals surface area contributed by atoms with Gasteiger partial charge < -0.3 is 4.90 Å². The summed E-state index contributed by atoms with van der Waals surface area (Å²) in [7, 11) is 0. The van der Waals surface area contributed by atoms with Crippen molar-refractivity contribution in [3.63, 3.8) is 0 Å². The number of piperidine rings is 1. The van der Waals surface area contributed by atoms with E-state index in [1.807, 2.05) is 4.90 Å². The summed E-state index contributed by atoms with van der Waals surface area (Å²) in [5.74, 6) is 0.141. The van der Waals surface area contributed by atoms with Crippen LogP contribution in [0.4, 0.5) is 0 Å². The van der Waals surface area contributed by atoms with E-state index in [-0.39, 0.29) is 23.7 Å². The van der Waals surface area contributed by atoms with Crippen LogP contribution in [0.15, 0.2) is 0 Å². The van der Waals surface area contributed by atoms with Crippen LogP contribution in [0.2, 0.25) is 0 Å². The standard InChI is InChI=1S/C10H15NO2/c1-10(4-2-5-10)11-6-3-8(12)7-9(11)13/h2-7H2,1H3. The molecule has 0 aromatic rings. The lowest BCUT2D eigenvalue weighted by Gasteiger charge is -2.49. The lowest BCUT2D eigenvalue weighted by molar-refractivity contribution is -0.147. The molecule has 1 amide bonds. The van der Waals surface area contributed by atoms with E-state index in [9.17, 15) is 9.59 Å². The Hall–Kier alpha value is -0.860. The fourth-order valence-corrected chi connectivity index (χ4v) is 2.24. The van der Waals surface area contributed by atoms with Crippen molar-refractivity contribution < 1.29 is 9.59 Å². The molecule has 3 heteroatoms. The van der Waals surface area contributed by atoms with E-state index in [1.165, 1.54) is 6.42 Å². The Morgan fingerprint density at radius 3 is 2.46 bits per heavy atom. The maximum Gasteiger partial charge on any atom is 0.230 e. The van der Waals surface area contributed by atoms with Crippen LogP contribution in [-0.4, -0.2) is 28.7 Å². The van der Waals surface area contributed by atoms with Gasteiger partial charge in [-0.3, -0.25) is 9.59 Å². The van der Waals surface area contributed by atoms with Gasteiger partial charge in [0, 0.05) is 18.5 Å². The molecule has 0 N–H and O–H groups in total. The predicted molar refractivity (Wildman–Crippen MR) is 48.2 cm³/mol. The Bertz CT molecular complexity index is 256. The first-order chi connectivity index (χ1) is 6.12. The number of Topliss-reactive ketones (excluding diaryl/α,β-unsaturated/α-hetero) is 1. The maximum atomic E-state index is 11.5. The smallest absolute Gasteiger partial charge is 0.230 e. The molecule has 2 rings (SSSR count). The van der Waals surface area contributed by atoms with Crippen LogP contribution in [-0.2, 0) is 9.59 Å². The van der Waals surface area contributed by atoms with Gasteiger partial charge in [0.1, 0.15) is 5.78 Å². The lowest BCUT2D eigenvalue weighted by Crippen LogP contribution is -2.56. The minimum Gasteiger partial charge on any atom is -0.336 e. The third kappa shape index (κ3) is 1.36. The van der Waals surface area contributed by atoms with Crippen molar-refractivity contribution in [2.75, 3.05) is 6.54 Å². The monoisotopic (exact) mass is 181 g/mol. The zero-order chi connectivity index (χ0) is 9.47. The summed E-state index contributed by atoms with van der Waals surface area (Å²) in [6.45, 7) is 2.78. The molecule has 1 aliphatic carbocycles. The van der Waals surface area contributed by atoms with Crippen LogP contribution in [0, 0.1) is 0 Å². The van der Waals surface area contributed by atoms with Crippen LogP contribution in [0.3, 0.4) is 0 Å². The molecule has 0 aromatic carbocycles. The first kappa shape index (κ1) is 8.73. The molecule has 1 saturated carbocycles. The third-order valence-corrected chi connectivity index (χ3v) is 3.35. The number of carbonyl (C=O) groups excluding carboxylic acids is 2. The molecule has 0 unspecified atom stereocenters. The average Bonchev–Trinajstić information content (AvgIpc) is 2.00. The summed E-state index contributed by atoms with van der Waals surface area (Å²) in [6, 6.07) is 0. The molecule has 0 aromatic heterocycles. The summed E-state index contributed by atoms with van der Waals surface area (Å²) in [6.07, 6.45) is 4.12. The molecule has 0 radical (unpaired) electrons. The van der Waals surface area contributed by atoms with Crippen LogP contribution >= 0.6 is 0 Å². The van der Waals surface area contributed by atoms with Crippen molar-refractivity contribution in [2.24, 2.45) is 0 Å². The SMILES string of the molecule is CC1(N2CCC(=O)CC2=O)CCC1. The Kier molecular flexibility index (Phi) is 1.90. The van der Waals surface area contributed by atoms with E-state index in [1.54, 1.807) is 0 Å². The van der Waals surface area contributed by atoms with Gasteiger partial charge in [-0.2, -0.15) is 0 Å². The second-order valence-electron chi connectivity index (χ2n) is 4.36. The fourth-order valence-electron chi connectivity index (χ4n) is 2.24. The van der Waals surface area contributed by atoms with E-state index in [0.29, 0.717) is 13.0 Å². The van der Waals surface area contributed by atoms with Gasteiger partial charge in [0.2, 0.25) is 5.91 Å². The molecule has 3 nitrogen and oxygen atoms in total. The molecule has 2 fully saturated rings. The second-order valence-corrected chi connectivity index (χ2v) is 4.36. The molecular weight excluding hydrogens is 166 g/mol. The summed E-state index contributed by atoms with van der Waals surface area (Å²) < 4.78 is 0. The molecule has 0 bridgehead atoms. The van der Waals surface area contributed by atoms with Crippen LogP contribution < -0.4 is 0 Å². The Morgan fingerprint density at radius 2 is 2.00 bits per heavy atom. The molecule has 1 saturated heterocycles. The van der Waals surface area contributed by atoms with Gasteiger partial charge in [-0.05, 0) is 26.2 Å². The third-order valence-electron chi connectivity index (χ3n) is 3.35. The molecular formula is C10H15NO2. The van der Waals surface area contributed by atoms with Crippen molar-refractivity contribution in [1.82, 2.24) is 4.90 Å². The fraction of sp³-hybridized carbons (Fsp3) is 0.800. The number of nitrogens with zero attached hydrogens (tertiary/aromatic N) is 1. The zero-order valence-corrected chi connectivity index (χ0v) is 8.01. The van der Waals surface area contributed by atoms with E-state index >= 15 is 0 Å². The number of carbonyl (C=O) groups is 2. The molecule has 2 aliphatic rings. The predicted octanol–water partition coefficient (Wildman–Crippen LogP) is 1.12. The van der Waals surface area contributed by atoms with Crippen molar-refractivity contribution in [1.29, 1.82) is 0 Å². The Labute approximate surface area is 78.1 Å². The molecule has 1 heterocycles. The quantitative estimate of drug-likeness (QED) is 0.568. The first-order valence-electron chi connectivity index (χ1n) is 4.94. The van der Waals surface area contributed by atoms with Crippen molar-refractivity contribution >= 4 is 11.7 Å². The number of rotatable bonds is 1. The van der Waals surface area contributed by atoms with Crippen molar-refractivity contribution in [3.05, 3.63) is 0 Å². The highest BCUT2D eigenvalue weighted by Gasteiger charge is 2.42. The van der Waals surface area contributed by atoms with Gasteiger partial charge in [0.25, 0.3) is 0 Å². The van der Waals surface area contributed by atoms with Gasteiger partial charge in [-0.1, -0.05) is 0 Å².